The average Bonchev–Trinajstić information content (AvgIpc) is 3.14. The Bertz CT molecular complexity index is 1220. The van der Waals surface area contributed by atoms with Gasteiger partial charge >= 0.3 is 0 Å². The minimum absolute atomic E-state index is 0.522. The van der Waals surface area contributed by atoms with E-state index in [0.717, 1.165) is 38.7 Å². The Labute approximate surface area is 186 Å². The monoisotopic (exact) mass is 430 g/mol. The largest absolute Gasteiger partial charge is 0.390 e. The number of nitrogens with zero attached hydrogens (tertiary/aromatic N) is 4. The molecule has 0 aliphatic heterocycles. The van der Waals surface area contributed by atoms with Crippen LogP contribution in [-0.2, 0) is 6.54 Å². The number of benzene rings is 2. The van der Waals surface area contributed by atoms with E-state index < -0.39 is 5.60 Å². The molecule has 0 atom stereocenters. The fourth-order valence-electron chi connectivity index (χ4n) is 3.36. The molecule has 6 heteroatoms. The van der Waals surface area contributed by atoms with Crippen LogP contribution in [0.2, 0.25) is 0 Å². The number of thioether (sulfide) groups is 1. The quantitative estimate of drug-likeness (QED) is 0.309. The van der Waals surface area contributed by atoms with Gasteiger partial charge in [-0.1, -0.05) is 65.9 Å². The first kappa shape index (κ1) is 21.3. The maximum Gasteiger partial charge on any atom is 0.191 e. The van der Waals surface area contributed by atoms with Crippen LogP contribution in [-0.4, -0.2) is 36.2 Å². The van der Waals surface area contributed by atoms with Gasteiger partial charge in [0.25, 0.3) is 0 Å². The summed E-state index contributed by atoms with van der Waals surface area (Å²) in [5, 5.41) is 20.9. The number of fused-ring (bicyclic) bond motifs is 1. The van der Waals surface area contributed by atoms with Crippen LogP contribution in [0.25, 0.3) is 33.5 Å². The van der Waals surface area contributed by atoms with Crippen molar-refractivity contribution in [2.75, 3.05) is 5.75 Å². The maximum atomic E-state index is 10.1. The average molecular weight is 431 g/mol. The van der Waals surface area contributed by atoms with E-state index in [1.54, 1.807) is 13.8 Å². The molecule has 5 nitrogen and oxygen atoms in total. The number of aryl methyl sites for hydroxylation is 1. The van der Waals surface area contributed by atoms with Gasteiger partial charge < -0.3 is 5.11 Å². The summed E-state index contributed by atoms with van der Waals surface area (Å²) in [5.41, 5.74) is 4.26. The number of pyridine rings is 1. The molecule has 4 rings (SSSR count). The molecule has 0 bridgehead atoms. The van der Waals surface area contributed by atoms with Crippen molar-refractivity contribution in [3.63, 3.8) is 0 Å². The van der Waals surface area contributed by atoms with Crippen LogP contribution < -0.4 is 0 Å². The van der Waals surface area contributed by atoms with Gasteiger partial charge in [0, 0.05) is 28.8 Å². The highest BCUT2D eigenvalue weighted by Gasteiger charge is 2.20. The van der Waals surface area contributed by atoms with E-state index in [0.29, 0.717) is 12.3 Å². The fraction of sp³-hybridized carbons (Fsp3) is 0.240. The van der Waals surface area contributed by atoms with Crippen molar-refractivity contribution in [1.29, 1.82) is 0 Å². The van der Waals surface area contributed by atoms with E-state index in [1.165, 1.54) is 17.3 Å². The summed E-state index contributed by atoms with van der Waals surface area (Å²) in [7, 11) is 0. The maximum absolute atomic E-state index is 10.1. The first-order valence-corrected chi connectivity index (χ1v) is 11.2. The van der Waals surface area contributed by atoms with Gasteiger partial charge in [0.15, 0.2) is 11.0 Å². The zero-order valence-electron chi connectivity index (χ0n) is 18.0. The lowest BCUT2D eigenvalue weighted by Crippen LogP contribution is -2.22. The molecule has 2 heterocycles. The Hall–Kier alpha value is -2.96. The van der Waals surface area contributed by atoms with Crippen LogP contribution >= 0.6 is 11.8 Å². The summed E-state index contributed by atoms with van der Waals surface area (Å²) < 4.78 is 2.05. The zero-order valence-corrected chi connectivity index (χ0v) is 18.9. The molecule has 0 radical (unpaired) electrons. The smallest absolute Gasteiger partial charge is 0.191 e. The second kappa shape index (κ2) is 8.65. The van der Waals surface area contributed by atoms with Crippen LogP contribution in [0.3, 0.4) is 0 Å². The number of aromatic nitrogens is 4. The Balaban J connectivity index is 1.88. The van der Waals surface area contributed by atoms with E-state index >= 15 is 0 Å². The summed E-state index contributed by atoms with van der Waals surface area (Å²) in [6.07, 6.45) is 1.84. The highest BCUT2D eigenvalue weighted by Crippen LogP contribution is 2.33. The predicted molar refractivity (Wildman–Crippen MR) is 128 cm³/mol. The summed E-state index contributed by atoms with van der Waals surface area (Å²) >= 11 is 1.49. The van der Waals surface area contributed by atoms with Gasteiger partial charge in [-0.3, -0.25) is 4.57 Å². The lowest BCUT2D eigenvalue weighted by atomic mass is 10.0. The lowest BCUT2D eigenvalue weighted by Gasteiger charge is -2.16. The molecule has 0 spiro atoms. The predicted octanol–water partition coefficient (Wildman–Crippen LogP) is 5.52. The minimum Gasteiger partial charge on any atom is -0.390 e. The molecule has 2 aromatic heterocycles. The van der Waals surface area contributed by atoms with Crippen molar-refractivity contribution in [2.45, 2.75) is 38.1 Å². The van der Waals surface area contributed by atoms with Gasteiger partial charge in [-0.15, -0.1) is 16.8 Å². The Morgan fingerprint density at radius 2 is 1.84 bits per heavy atom. The van der Waals surface area contributed by atoms with Crippen molar-refractivity contribution in [3.8, 4) is 22.6 Å². The molecular weight excluding hydrogens is 404 g/mol. The molecular formula is C25H26N4OS. The molecule has 1 N–H and O–H groups in total. The fourth-order valence-corrected chi connectivity index (χ4v) is 4.26. The normalized spacial score (nSPS) is 11.7. The van der Waals surface area contributed by atoms with Gasteiger partial charge in [-0.25, -0.2) is 4.98 Å². The second-order valence-corrected chi connectivity index (χ2v) is 9.19. The first-order chi connectivity index (χ1) is 14.9. The number of para-hydroxylation sites is 1. The third-order valence-corrected chi connectivity index (χ3v) is 6.30. The van der Waals surface area contributed by atoms with Gasteiger partial charge in [-0.05, 0) is 32.9 Å². The third-order valence-electron chi connectivity index (χ3n) is 4.89. The molecule has 0 amide bonds. The van der Waals surface area contributed by atoms with Crippen molar-refractivity contribution in [3.05, 3.63) is 72.8 Å². The highest BCUT2D eigenvalue weighted by atomic mass is 32.2. The Morgan fingerprint density at radius 3 is 2.55 bits per heavy atom. The molecule has 31 heavy (non-hydrogen) atoms. The van der Waals surface area contributed by atoms with Crippen LogP contribution in [0.15, 0.2) is 72.4 Å². The van der Waals surface area contributed by atoms with E-state index in [2.05, 4.69) is 60.1 Å². The van der Waals surface area contributed by atoms with Gasteiger partial charge in [0.2, 0.25) is 0 Å². The Morgan fingerprint density at radius 1 is 1.10 bits per heavy atom. The zero-order chi connectivity index (χ0) is 22.0. The molecule has 0 saturated heterocycles. The molecule has 0 saturated carbocycles. The molecule has 158 valence electrons. The summed E-state index contributed by atoms with van der Waals surface area (Å²) in [4.78, 5) is 4.90. The molecule has 0 aliphatic rings. The number of rotatable bonds is 7. The van der Waals surface area contributed by atoms with Crippen LogP contribution in [0.4, 0.5) is 0 Å². The molecule has 2 aromatic carbocycles. The summed E-state index contributed by atoms with van der Waals surface area (Å²) in [6, 6.07) is 18.6. The van der Waals surface area contributed by atoms with E-state index in [-0.39, 0.29) is 0 Å². The molecule has 0 aliphatic carbocycles. The SMILES string of the molecule is C=CCn1c(SCC(C)(C)O)nnc1-c1cc(-c2ccc(C)cc2)nc2ccccc12. The standard InChI is InChI=1S/C25H26N4OS/c1-5-14-29-23(27-28-24(29)31-16-25(3,4)30)20-15-22(18-12-10-17(2)11-13-18)26-21-9-7-6-8-19(20)21/h5-13,15,30H,1,14,16H2,2-4H3. The number of hydrogen-bond acceptors (Lipinski definition) is 5. The second-order valence-electron chi connectivity index (χ2n) is 8.24. The van der Waals surface area contributed by atoms with Gasteiger partial charge in [0.05, 0.1) is 16.8 Å². The van der Waals surface area contributed by atoms with Crippen molar-refractivity contribution in [1.82, 2.24) is 19.7 Å². The highest BCUT2D eigenvalue weighted by molar-refractivity contribution is 7.99. The minimum atomic E-state index is -0.794. The van der Waals surface area contributed by atoms with Gasteiger partial charge in [0.1, 0.15) is 0 Å². The molecule has 4 aromatic rings. The van der Waals surface area contributed by atoms with E-state index in [9.17, 15) is 5.11 Å². The van der Waals surface area contributed by atoms with Crippen molar-refractivity contribution in [2.24, 2.45) is 0 Å². The van der Waals surface area contributed by atoms with E-state index in [1.807, 2.05) is 28.8 Å². The van der Waals surface area contributed by atoms with Crippen molar-refractivity contribution < 1.29 is 5.11 Å². The van der Waals surface area contributed by atoms with Crippen LogP contribution in [0.5, 0.6) is 0 Å². The number of hydrogen-bond donors (Lipinski definition) is 1. The Kier molecular flexibility index (Phi) is 5.94. The van der Waals surface area contributed by atoms with E-state index in [4.69, 9.17) is 4.98 Å². The molecule has 0 unspecified atom stereocenters. The van der Waals surface area contributed by atoms with Gasteiger partial charge in [-0.2, -0.15) is 0 Å². The third kappa shape index (κ3) is 4.70. The van der Waals surface area contributed by atoms with Crippen molar-refractivity contribution >= 4 is 22.7 Å². The number of allylic oxidation sites excluding steroid dienone is 1. The topological polar surface area (TPSA) is 63.8 Å². The summed E-state index contributed by atoms with van der Waals surface area (Å²) in [6.45, 7) is 10.1. The lowest BCUT2D eigenvalue weighted by molar-refractivity contribution is 0.107. The first-order valence-electron chi connectivity index (χ1n) is 10.2. The summed E-state index contributed by atoms with van der Waals surface area (Å²) in [5.74, 6) is 1.29. The van der Waals surface area contributed by atoms with Crippen LogP contribution in [0, 0.1) is 6.92 Å². The number of aliphatic hydroxyl groups is 1. The van der Waals surface area contributed by atoms with Crippen LogP contribution in [0.1, 0.15) is 19.4 Å². The molecule has 0 fully saturated rings.